The molecule has 0 saturated carbocycles. The van der Waals surface area contributed by atoms with E-state index in [1.165, 1.54) is 0 Å². The molecule has 8 heteroatoms. The number of rotatable bonds is 5. The van der Waals surface area contributed by atoms with E-state index < -0.39 is 0 Å². The van der Waals surface area contributed by atoms with Gasteiger partial charge in [-0.2, -0.15) is 4.98 Å². The molecular formula is C13H15ClN6S. The number of halogens is 1. The molecule has 0 unspecified atom stereocenters. The van der Waals surface area contributed by atoms with Gasteiger partial charge in [-0.1, -0.05) is 0 Å². The number of aromatic amines is 1. The van der Waals surface area contributed by atoms with Gasteiger partial charge in [0.25, 0.3) is 0 Å². The number of anilines is 1. The maximum absolute atomic E-state index is 5.98. The highest BCUT2D eigenvalue weighted by Gasteiger charge is 2.11. The lowest BCUT2D eigenvalue weighted by Gasteiger charge is -2.04. The number of H-pyrrole nitrogens is 1. The summed E-state index contributed by atoms with van der Waals surface area (Å²) in [5, 5.41) is 7.31. The number of thiazole rings is 1. The summed E-state index contributed by atoms with van der Waals surface area (Å²) in [6.45, 7) is 2.57. The van der Waals surface area contributed by atoms with Crippen LogP contribution in [0.1, 0.15) is 17.6 Å². The predicted octanol–water partition coefficient (Wildman–Crippen LogP) is 2.57. The standard InChI is InChI=1S/C13H15ClN6S/c1-7(15)4-8-5-9-11(17-6-10-16-2-3-21-10)19-13(14)20-12(9)18-8/h2-3,5,7H,4,6,15H2,1H3,(H2,17,18,19,20)/t7-/m0/s1. The fourth-order valence-corrected chi connectivity index (χ4v) is 2.85. The normalized spacial score (nSPS) is 12.7. The summed E-state index contributed by atoms with van der Waals surface area (Å²) in [7, 11) is 0. The van der Waals surface area contributed by atoms with E-state index in [0.717, 1.165) is 22.5 Å². The van der Waals surface area contributed by atoms with Crippen molar-refractivity contribution in [3.63, 3.8) is 0 Å². The van der Waals surface area contributed by atoms with Crippen LogP contribution in [-0.4, -0.2) is 26.0 Å². The van der Waals surface area contributed by atoms with Crippen molar-refractivity contribution in [1.29, 1.82) is 0 Å². The maximum Gasteiger partial charge on any atom is 0.226 e. The lowest BCUT2D eigenvalue weighted by atomic mass is 10.2. The first kappa shape index (κ1) is 14.2. The molecule has 6 nitrogen and oxygen atoms in total. The van der Waals surface area contributed by atoms with E-state index >= 15 is 0 Å². The molecule has 0 spiro atoms. The summed E-state index contributed by atoms with van der Waals surface area (Å²) in [6, 6.07) is 2.09. The predicted molar refractivity (Wildman–Crippen MR) is 85.7 cm³/mol. The van der Waals surface area contributed by atoms with Crippen LogP contribution >= 0.6 is 22.9 Å². The summed E-state index contributed by atoms with van der Waals surface area (Å²) in [6.07, 6.45) is 2.53. The fraction of sp³-hybridized carbons (Fsp3) is 0.308. The van der Waals surface area contributed by atoms with E-state index in [2.05, 4.69) is 25.3 Å². The van der Waals surface area contributed by atoms with Gasteiger partial charge in [-0.15, -0.1) is 11.3 Å². The second-order valence-electron chi connectivity index (χ2n) is 4.86. The van der Waals surface area contributed by atoms with E-state index in [4.69, 9.17) is 17.3 Å². The summed E-state index contributed by atoms with van der Waals surface area (Å²) in [4.78, 5) is 15.9. The second kappa shape index (κ2) is 5.97. The van der Waals surface area contributed by atoms with Crippen LogP contribution in [0.4, 0.5) is 5.82 Å². The molecule has 0 aliphatic carbocycles. The van der Waals surface area contributed by atoms with Crippen LogP contribution in [0.2, 0.25) is 5.28 Å². The third-order valence-electron chi connectivity index (χ3n) is 2.95. The molecule has 3 heterocycles. The lowest BCUT2D eigenvalue weighted by molar-refractivity contribution is 0.726. The smallest absolute Gasteiger partial charge is 0.226 e. The number of fused-ring (bicyclic) bond motifs is 1. The maximum atomic E-state index is 5.98. The zero-order valence-electron chi connectivity index (χ0n) is 11.4. The number of hydrogen-bond donors (Lipinski definition) is 3. The van der Waals surface area contributed by atoms with Crippen molar-refractivity contribution < 1.29 is 0 Å². The van der Waals surface area contributed by atoms with Crippen molar-refractivity contribution in [3.05, 3.63) is 33.6 Å². The summed E-state index contributed by atoms with van der Waals surface area (Å²) >= 11 is 7.57. The highest BCUT2D eigenvalue weighted by molar-refractivity contribution is 7.09. The first-order valence-electron chi connectivity index (χ1n) is 6.55. The second-order valence-corrected chi connectivity index (χ2v) is 6.18. The molecule has 3 aromatic rings. The molecule has 3 aromatic heterocycles. The molecule has 0 bridgehead atoms. The molecular weight excluding hydrogens is 308 g/mol. The molecule has 0 aromatic carbocycles. The number of aromatic nitrogens is 4. The van der Waals surface area contributed by atoms with Gasteiger partial charge in [-0.25, -0.2) is 9.97 Å². The molecule has 0 saturated heterocycles. The monoisotopic (exact) mass is 322 g/mol. The molecule has 110 valence electrons. The van der Waals surface area contributed by atoms with E-state index in [1.807, 2.05) is 18.4 Å². The highest BCUT2D eigenvalue weighted by atomic mass is 35.5. The molecule has 1 atom stereocenters. The average Bonchev–Trinajstić information content (AvgIpc) is 3.03. The van der Waals surface area contributed by atoms with Gasteiger partial charge in [0.1, 0.15) is 16.5 Å². The Bertz CT molecular complexity index is 737. The van der Waals surface area contributed by atoms with Crippen LogP contribution in [0, 0.1) is 0 Å². The molecule has 0 aliphatic heterocycles. The number of nitrogens with one attached hydrogen (secondary N) is 2. The molecule has 21 heavy (non-hydrogen) atoms. The molecule has 0 amide bonds. The average molecular weight is 323 g/mol. The Kier molecular flexibility index (Phi) is 4.05. The third-order valence-corrected chi connectivity index (χ3v) is 3.90. The minimum Gasteiger partial charge on any atom is -0.363 e. The van der Waals surface area contributed by atoms with E-state index in [9.17, 15) is 0 Å². The van der Waals surface area contributed by atoms with Gasteiger partial charge in [0, 0.05) is 29.7 Å². The number of nitrogens with zero attached hydrogens (tertiary/aromatic N) is 3. The Hall–Kier alpha value is -1.70. The van der Waals surface area contributed by atoms with Crippen LogP contribution in [0.25, 0.3) is 11.0 Å². The molecule has 3 rings (SSSR count). The fourth-order valence-electron chi connectivity index (χ4n) is 2.13. The molecule has 0 radical (unpaired) electrons. The first-order chi connectivity index (χ1) is 10.1. The van der Waals surface area contributed by atoms with Crippen molar-refractivity contribution in [3.8, 4) is 0 Å². The summed E-state index contributed by atoms with van der Waals surface area (Å²) in [5.74, 6) is 0.701. The third kappa shape index (κ3) is 3.31. The van der Waals surface area contributed by atoms with Gasteiger partial charge in [0.15, 0.2) is 0 Å². The van der Waals surface area contributed by atoms with Gasteiger partial charge in [0.05, 0.1) is 11.9 Å². The largest absolute Gasteiger partial charge is 0.363 e. The first-order valence-corrected chi connectivity index (χ1v) is 7.80. The Morgan fingerprint density at radius 3 is 3.05 bits per heavy atom. The van der Waals surface area contributed by atoms with Crippen LogP contribution in [-0.2, 0) is 13.0 Å². The van der Waals surface area contributed by atoms with Crippen LogP contribution in [0.5, 0.6) is 0 Å². The van der Waals surface area contributed by atoms with Crippen LogP contribution < -0.4 is 11.1 Å². The molecule has 0 fully saturated rings. The van der Waals surface area contributed by atoms with Crippen LogP contribution in [0.3, 0.4) is 0 Å². The van der Waals surface area contributed by atoms with Crippen molar-refractivity contribution in [2.45, 2.75) is 25.9 Å². The van der Waals surface area contributed by atoms with Crippen LogP contribution in [0.15, 0.2) is 17.6 Å². The SMILES string of the molecule is C[C@H](N)Cc1cc2c(NCc3nccs3)nc(Cl)nc2[nH]1. The number of hydrogen-bond acceptors (Lipinski definition) is 6. The Morgan fingerprint density at radius 1 is 1.48 bits per heavy atom. The molecule has 4 N–H and O–H groups in total. The quantitative estimate of drug-likeness (QED) is 0.628. The Labute approximate surface area is 130 Å². The highest BCUT2D eigenvalue weighted by Crippen LogP contribution is 2.24. The van der Waals surface area contributed by atoms with Gasteiger partial charge in [-0.3, -0.25) is 0 Å². The lowest BCUT2D eigenvalue weighted by Crippen LogP contribution is -2.17. The Balaban J connectivity index is 1.90. The van der Waals surface area contributed by atoms with Crippen molar-refractivity contribution in [1.82, 2.24) is 19.9 Å². The van der Waals surface area contributed by atoms with E-state index in [1.54, 1.807) is 17.5 Å². The van der Waals surface area contributed by atoms with Crippen molar-refractivity contribution >= 4 is 39.8 Å². The molecule has 0 aliphatic rings. The van der Waals surface area contributed by atoms with Gasteiger partial charge in [-0.05, 0) is 24.6 Å². The van der Waals surface area contributed by atoms with Gasteiger partial charge < -0.3 is 16.0 Å². The zero-order valence-corrected chi connectivity index (χ0v) is 13.0. The van der Waals surface area contributed by atoms with E-state index in [-0.39, 0.29) is 11.3 Å². The minimum absolute atomic E-state index is 0.0771. The van der Waals surface area contributed by atoms with Gasteiger partial charge in [0.2, 0.25) is 5.28 Å². The number of nitrogens with two attached hydrogens (primary N) is 1. The zero-order chi connectivity index (χ0) is 14.8. The van der Waals surface area contributed by atoms with Crippen molar-refractivity contribution in [2.75, 3.05) is 5.32 Å². The topological polar surface area (TPSA) is 92.5 Å². The Morgan fingerprint density at radius 2 is 2.33 bits per heavy atom. The van der Waals surface area contributed by atoms with E-state index in [0.29, 0.717) is 18.0 Å². The van der Waals surface area contributed by atoms with Crippen molar-refractivity contribution in [2.24, 2.45) is 5.73 Å². The van der Waals surface area contributed by atoms with Gasteiger partial charge >= 0.3 is 0 Å². The minimum atomic E-state index is 0.0771. The summed E-state index contributed by atoms with van der Waals surface area (Å²) in [5.41, 5.74) is 7.57. The summed E-state index contributed by atoms with van der Waals surface area (Å²) < 4.78 is 0.